The summed E-state index contributed by atoms with van der Waals surface area (Å²) in [6, 6.07) is 0.207. The Kier molecular flexibility index (Phi) is 3.31. The van der Waals surface area contributed by atoms with E-state index in [2.05, 4.69) is 5.32 Å². The van der Waals surface area contributed by atoms with Gasteiger partial charge in [0.2, 0.25) is 5.91 Å². The molecule has 5 nitrogen and oxygen atoms in total. The zero-order valence-electron chi connectivity index (χ0n) is 10.7. The molecule has 0 unspecified atom stereocenters. The Morgan fingerprint density at radius 1 is 1.05 bits per heavy atom. The fourth-order valence-corrected chi connectivity index (χ4v) is 3.46. The van der Waals surface area contributed by atoms with E-state index >= 15 is 0 Å². The summed E-state index contributed by atoms with van der Waals surface area (Å²) in [4.78, 5) is 23.6. The fourth-order valence-electron chi connectivity index (χ4n) is 3.46. The van der Waals surface area contributed by atoms with Crippen LogP contribution in [-0.2, 0) is 14.3 Å². The number of hydrogen-bond donors (Lipinski definition) is 2. The third-order valence-corrected chi connectivity index (χ3v) is 4.44. The van der Waals surface area contributed by atoms with Crippen molar-refractivity contribution in [1.29, 1.82) is 0 Å². The van der Waals surface area contributed by atoms with E-state index in [0.717, 1.165) is 25.7 Å². The van der Waals surface area contributed by atoms with Gasteiger partial charge in [-0.1, -0.05) is 31.4 Å². The SMILES string of the molecule is O=C(O)[C@@H]1[C@@H](C(=O)NC2CCCCC2)[C@H]2C=C[C@H]1O2. The summed E-state index contributed by atoms with van der Waals surface area (Å²) in [5.41, 5.74) is 0. The molecule has 4 atom stereocenters. The lowest BCUT2D eigenvalue weighted by Gasteiger charge is -2.27. The van der Waals surface area contributed by atoms with E-state index in [1.54, 1.807) is 6.08 Å². The van der Waals surface area contributed by atoms with E-state index in [1.165, 1.54) is 6.42 Å². The standard InChI is InChI=1S/C14H19NO4/c16-13(15-8-4-2-1-3-5-8)11-9-6-7-10(19-9)12(11)14(17)18/h6-12H,1-5H2,(H,15,16)(H,17,18)/t9-,10-,11+,12+/m1/s1. The van der Waals surface area contributed by atoms with Gasteiger partial charge >= 0.3 is 5.97 Å². The number of rotatable bonds is 3. The molecule has 0 radical (unpaired) electrons. The number of carbonyl (C=O) groups excluding carboxylic acids is 1. The zero-order valence-corrected chi connectivity index (χ0v) is 10.7. The van der Waals surface area contributed by atoms with Gasteiger partial charge in [-0.2, -0.15) is 0 Å². The molecule has 2 bridgehead atoms. The van der Waals surface area contributed by atoms with Gasteiger partial charge in [0.1, 0.15) is 5.92 Å². The number of ether oxygens (including phenoxy) is 1. The predicted octanol–water partition coefficient (Wildman–Crippen LogP) is 1.09. The van der Waals surface area contributed by atoms with E-state index in [9.17, 15) is 14.7 Å². The normalized spacial score (nSPS) is 37.5. The van der Waals surface area contributed by atoms with Crippen LogP contribution in [0.2, 0.25) is 0 Å². The molecule has 2 aliphatic heterocycles. The monoisotopic (exact) mass is 265 g/mol. The van der Waals surface area contributed by atoms with Crippen molar-refractivity contribution >= 4 is 11.9 Å². The summed E-state index contributed by atoms with van der Waals surface area (Å²) >= 11 is 0. The van der Waals surface area contributed by atoms with Gasteiger partial charge in [-0.15, -0.1) is 0 Å². The first-order chi connectivity index (χ1) is 9.16. The largest absolute Gasteiger partial charge is 0.481 e. The number of nitrogens with one attached hydrogen (secondary N) is 1. The highest BCUT2D eigenvalue weighted by Crippen LogP contribution is 2.39. The summed E-state index contributed by atoms with van der Waals surface area (Å²) in [6.07, 6.45) is 8.27. The molecule has 0 aromatic heterocycles. The minimum atomic E-state index is -0.944. The Labute approximate surface area is 112 Å². The van der Waals surface area contributed by atoms with Crippen molar-refractivity contribution in [2.45, 2.75) is 50.4 Å². The van der Waals surface area contributed by atoms with Crippen LogP contribution in [0.4, 0.5) is 0 Å². The highest BCUT2D eigenvalue weighted by atomic mass is 16.5. The lowest BCUT2D eigenvalue weighted by atomic mass is 9.82. The van der Waals surface area contributed by atoms with Crippen LogP contribution in [0.15, 0.2) is 12.2 Å². The molecule has 1 aliphatic carbocycles. The number of amides is 1. The molecular weight excluding hydrogens is 246 g/mol. The smallest absolute Gasteiger partial charge is 0.310 e. The summed E-state index contributed by atoms with van der Waals surface area (Å²) in [5.74, 6) is -2.41. The molecular formula is C14H19NO4. The number of carboxylic acids is 1. The van der Waals surface area contributed by atoms with E-state index in [4.69, 9.17) is 4.74 Å². The Balaban J connectivity index is 1.68. The number of carboxylic acid groups (broad SMARTS) is 1. The maximum Gasteiger partial charge on any atom is 0.310 e. The fraction of sp³-hybridized carbons (Fsp3) is 0.714. The highest BCUT2D eigenvalue weighted by Gasteiger charge is 2.53. The summed E-state index contributed by atoms with van der Waals surface area (Å²) in [6.45, 7) is 0. The van der Waals surface area contributed by atoms with Crippen LogP contribution in [0, 0.1) is 11.8 Å². The Morgan fingerprint density at radius 2 is 1.68 bits per heavy atom. The van der Waals surface area contributed by atoms with Crippen LogP contribution in [0.1, 0.15) is 32.1 Å². The van der Waals surface area contributed by atoms with Crippen LogP contribution in [0.5, 0.6) is 0 Å². The Morgan fingerprint density at radius 3 is 2.32 bits per heavy atom. The molecule has 19 heavy (non-hydrogen) atoms. The van der Waals surface area contributed by atoms with Crippen molar-refractivity contribution in [3.05, 3.63) is 12.2 Å². The molecule has 2 N–H and O–H groups in total. The second kappa shape index (κ2) is 4.96. The molecule has 1 saturated heterocycles. The maximum absolute atomic E-state index is 12.3. The van der Waals surface area contributed by atoms with E-state index in [1.807, 2.05) is 6.08 Å². The zero-order chi connectivity index (χ0) is 13.4. The van der Waals surface area contributed by atoms with Crippen LogP contribution in [-0.4, -0.2) is 35.2 Å². The minimum Gasteiger partial charge on any atom is -0.481 e. The average molecular weight is 265 g/mol. The molecule has 2 heterocycles. The van der Waals surface area contributed by atoms with Crippen LogP contribution < -0.4 is 5.32 Å². The molecule has 0 spiro atoms. The first-order valence-corrected chi connectivity index (χ1v) is 7.04. The number of fused-ring (bicyclic) bond motifs is 2. The molecule has 0 aromatic rings. The van der Waals surface area contributed by atoms with Gasteiger partial charge < -0.3 is 15.2 Å². The molecule has 2 fully saturated rings. The Hall–Kier alpha value is -1.36. The van der Waals surface area contributed by atoms with Crippen molar-refractivity contribution in [3.8, 4) is 0 Å². The Bertz CT molecular complexity index is 414. The molecule has 1 amide bonds. The second-order valence-electron chi connectivity index (χ2n) is 5.68. The van der Waals surface area contributed by atoms with Gasteiger partial charge in [-0.25, -0.2) is 0 Å². The first-order valence-electron chi connectivity index (χ1n) is 7.04. The minimum absolute atomic E-state index is 0.156. The second-order valence-corrected chi connectivity index (χ2v) is 5.68. The number of carbonyl (C=O) groups is 2. The molecule has 1 saturated carbocycles. The number of hydrogen-bond acceptors (Lipinski definition) is 3. The van der Waals surface area contributed by atoms with Crippen molar-refractivity contribution in [2.24, 2.45) is 11.8 Å². The maximum atomic E-state index is 12.3. The quantitative estimate of drug-likeness (QED) is 0.749. The lowest BCUT2D eigenvalue weighted by Crippen LogP contribution is -2.46. The molecule has 104 valence electrons. The summed E-state index contributed by atoms with van der Waals surface area (Å²) in [5, 5.41) is 12.3. The summed E-state index contributed by atoms with van der Waals surface area (Å²) in [7, 11) is 0. The van der Waals surface area contributed by atoms with E-state index < -0.39 is 23.9 Å². The van der Waals surface area contributed by atoms with Gasteiger partial charge in [-0.3, -0.25) is 9.59 Å². The van der Waals surface area contributed by atoms with E-state index in [-0.39, 0.29) is 18.1 Å². The van der Waals surface area contributed by atoms with Gasteiger partial charge in [0.25, 0.3) is 0 Å². The van der Waals surface area contributed by atoms with Crippen molar-refractivity contribution in [3.63, 3.8) is 0 Å². The van der Waals surface area contributed by atoms with Crippen molar-refractivity contribution in [2.75, 3.05) is 0 Å². The summed E-state index contributed by atoms with van der Waals surface area (Å²) < 4.78 is 5.52. The van der Waals surface area contributed by atoms with Gasteiger partial charge in [-0.05, 0) is 12.8 Å². The van der Waals surface area contributed by atoms with Crippen LogP contribution >= 0.6 is 0 Å². The van der Waals surface area contributed by atoms with Crippen molar-refractivity contribution < 1.29 is 19.4 Å². The third-order valence-electron chi connectivity index (χ3n) is 4.44. The molecule has 3 rings (SSSR count). The first kappa shape index (κ1) is 12.7. The topological polar surface area (TPSA) is 75.6 Å². The average Bonchev–Trinajstić information content (AvgIpc) is 2.99. The lowest BCUT2D eigenvalue weighted by molar-refractivity contribution is -0.146. The molecule has 5 heteroatoms. The molecule has 0 aromatic carbocycles. The van der Waals surface area contributed by atoms with Crippen molar-refractivity contribution in [1.82, 2.24) is 5.32 Å². The van der Waals surface area contributed by atoms with Gasteiger partial charge in [0.05, 0.1) is 18.1 Å². The van der Waals surface area contributed by atoms with Gasteiger partial charge in [0.15, 0.2) is 0 Å². The highest BCUT2D eigenvalue weighted by molar-refractivity contribution is 5.87. The third kappa shape index (κ3) is 2.27. The van der Waals surface area contributed by atoms with Crippen LogP contribution in [0.25, 0.3) is 0 Å². The molecule has 3 aliphatic rings. The van der Waals surface area contributed by atoms with Crippen LogP contribution in [0.3, 0.4) is 0 Å². The van der Waals surface area contributed by atoms with E-state index in [0.29, 0.717) is 0 Å². The predicted molar refractivity (Wildman–Crippen MR) is 67.4 cm³/mol. The number of aliphatic carboxylic acids is 1. The van der Waals surface area contributed by atoms with Gasteiger partial charge in [0, 0.05) is 6.04 Å².